The first-order chi connectivity index (χ1) is 8.65. The highest BCUT2D eigenvalue weighted by Gasteiger charge is 2.33. The van der Waals surface area contributed by atoms with Crippen molar-refractivity contribution in [1.29, 1.82) is 0 Å². The number of aliphatic hydroxyl groups excluding tert-OH is 1. The fourth-order valence-corrected chi connectivity index (χ4v) is 2.72. The van der Waals surface area contributed by atoms with E-state index in [2.05, 4.69) is 0 Å². The Labute approximate surface area is 112 Å². The molecule has 1 aliphatic rings. The highest BCUT2D eigenvalue weighted by molar-refractivity contribution is 6.33. The quantitative estimate of drug-likeness (QED) is 0.915. The van der Waals surface area contributed by atoms with Crippen LogP contribution in [0, 0.1) is 0 Å². The molecule has 98 valence electrons. The molecular formula is C14H18ClNO2. The summed E-state index contributed by atoms with van der Waals surface area (Å²) in [4.78, 5) is 14.2. The number of benzene rings is 1. The molecule has 3 nitrogen and oxygen atoms in total. The molecule has 2 atom stereocenters. The molecule has 1 aromatic carbocycles. The lowest BCUT2D eigenvalue weighted by molar-refractivity contribution is 0.0479. The molecule has 1 fully saturated rings. The number of nitrogens with zero attached hydrogens (tertiary/aromatic N) is 1. The Balaban J connectivity index is 2.21. The van der Waals surface area contributed by atoms with E-state index in [4.69, 9.17) is 11.6 Å². The van der Waals surface area contributed by atoms with Gasteiger partial charge in [-0.05, 0) is 31.4 Å². The summed E-state index contributed by atoms with van der Waals surface area (Å²) < 4.78 is 0. The summed E-state index contributed by atoms with van der Waals surface area (Å²) >= 11 is 6.05. The molecule has 2 rings (SSSR count). The van der Waals surface area contributed by atoms with Crippen molar-refractivity contribution in [2.24, 2.45) is 0 Å². The number of hydrogen-bond acceptors (Lipinski definition) is 2. The molecule has 1 heterocycles. The SMILES string of the molecule is CC[C@H](O)C1CCCN1C(=O)c1ccccc1Cl. The van der Waals surface area contributed by atoms with Crippen molar-refractivity contribution in [3.8, 4) is 0 Å². The number of halogens is 1. The minimum atomic E-state index is -0.445. The summed E-state index contributed by atoms with van der Waals surface area (Å²) in [5.74, 6) is -0.0735. The van der Waals surface area contributed by atoms with E-state index in [1.54, 1.807) is 23.1 Å². The van der Waals surface area contributed by atoms with Gasteiger partial charge < -0.3 is 10.0 Å². The van der Waals surface area contributed by atoms with Crippen LogP contribution in [0.25, 0.3) is 0 Å². The Morgan fingerprint density at radius 2 is 2.28 bits per heavy atom. The van der Waals surface area contributed by atoms with Gasteiger partial charge in [-0.1, -0.05) is 30.7 Å². The average Bonchev–Trinajstić information content (AvgIpc) is 2.86. The Hall–Kier alpha value is -1.06. The van der Waals surface area contributed by atoms with Gasteiger partial charge in [0.25, 0.3) is 5.91 Å². The number of rotatable bonds is 3. The van der Waals surface area contributed by atoms with Crippen molar-refractivity contribution in [3.05, 3.63) is 34.9 Å². The molecule has 1 unspecified atom stereocenters. The normalized spacial score (nSPS) is 21.1. The van der Waals surface area contributed by atoms with Crippen LogP contribution in [0.2, 0.25) is 5.02 Å². The monoisotopic (exact) mass is 267 g/mol. The molecule has 1 N–H and O–H groups in total. The predicted molar refractivity (Wildman–Crippen MR) is 71.8 cm³/mol. The second kappa shape index (κ2) is 5.72. The number of aliphatic hydroxyl groups is 1. The Morgan fingerprint density at radius 1 is 1.56 bits per heavy atom. The summed E-state index contributed by atoms with van der Waals surface area (Å²) in [5.41, 5.74) is 0.523. The predicted octanol–water partition coefficient (Wildman–Crippen LogP) is 2.72. The maximum atomic E-state index is 12.4. The van der Waals surface area contributed by atoms with Crippen molar-refractivity contribution in [3.63, 3.8) is 0 Å². The average molecular weight is 268 g/mol. The largest absolute Gasteiger partial charge is 0.391 e. The van der Waals surface area contributed by atoms with E-state index in [1.807, 2.05) is 13.0 Å². The number of carbonyl (C=O) groups is 1. The third-order valence-electron chi connectivity index (χ3n) is 3.53. The molecule has 1 saturated heterocycles. The maximum Gasteiger partial charge on any atom is 0.255 e. The van der Waals surface area contributed by atoms with Crippen LogP contribution in [0.3, 0.4) is 0 Å². The molecule has 1 aromatic rings. The standard InChI is InChI=1S/C14H18ClNO2/c1-2-13(17)12-8-5-9-16(12)14(18)10-6-3-4-7-11(10)15/h3-4,6-7,12-13,17H,2,5,8-9H2,1H3/t12?,13-/m0/s1. The van der Waals surface area contributed by atoms with E-state index in [0.717, 1.165) is 12.8 Å². The van der Waals surface area contributed by atoms with Crippen LogP contribution in [0.5, 0.6) is 0 Å². The van der Waals surface area contributed by atoms with Crippen LogP contribution in [-0.2, 0) is 0 Å². The highest BCUT2D eigenvalue weighted by Crippen LogP contribution is 2.26. The molecule has 0 spiro atoms. The smallest absolute Gasteiger partial charge is 0.255 e. The van der Waals surface area contributed by atoms with Gasteiger partial charge in [0.05, 0.1) is 22.7 Å². The first-order valence-electron chi connectivity index (χ1n) is 6.38. The molecular weight excluding hydrogens is 250 g/mol. The van der Waals surface area contributed by atoms with Crippen LogP contribution in [0.15, 0.2) is 24.3 Å². The van der Waals surface area contributed by atoms with E-state index in [9.17, 15) is 9.90 Å². The summed E-state index contributed by atoms with van der Waals surface area (Å²) in [6.45, 7) is 2.63. The molecule has 0 radical (unpaired) electrons. The lowest BCUT2D eigenvalue weighted by atomic mass is 10.1. The highest BCUT2D eigenvalue weighted by atomic mass is 35.5. The van der Waals surface area contributed by atoms with Gasteiger partial charge in [-0.25, -0.2) is 0 Å². The van der Waals surface area contributed by atoms with Crippen LogP contribution in [-0.4, -0.2) is 34.6 Å². The fraction of sp³-hybridized carbons (Fsp3) is 0.500. The molecule has 0 bridgehead atoms. The minimum absolute atomic E-state index is 0.0706. The van der Waals surface area contributed by atoms with Gasteiger partial charge in [-0.3, -0.25) is 4.79 Å². The fourth-order valence-electron chi connectivity index (χ4n) is 2.51. The molecule has 18 heavy (non-hydrogen) atoms. The van der Waals surface area contributed by atoms with Crippen molar-refractivity contribution >= 4 is 17.5 Å². The van der Waals surface area contributed by atoms with E-state index in [1.165, 1.54) is 0 Å². The minimum Gasteiger partial charge on any atom is -0.391 e. The zero-order valence-electron chi connectivity index (χ0n) is 10.5. The van der Waals surface area contributed by atoms with Gasteiger partial charge >= 0.3 is 0 Å². The summed E-state index contributed by atoms with van der Waals surface area (Å²) in [5, 5.41) is 10.4. The van der Waals surface area contributed by atoms with Crippen LogP contribution in [0.1, 0.15) is 36.5 Å². The van der Waals surface area contributed by atoms with Gasteiger partial charge in [-0.2, -0.15) is 0 Å². The van der Waals surface area contributed by atoms with Crippen LogP contribution in [0.4, 0.5) is 0 Å². The number of carbonyl (C=O) groups excluding carboxylic acids is 1. The molecule has 1 aliphatic heterocycles. The first-order valence-corrected chi connectivity index (χ1v) is 6.76. The van der Waals surface area contributed by atoms with E-state index in [-0.39, 0.29) is 11.9 Å². The van der Waals surface area contributed by atoms with E-state index in [0.29, 0.717) is 23.6 Å². The van der Waals surface area contributed by atoms with Gasteiger partial charge in [0, 0.05) is 6.54 Å². The molecule has 4 heteroatoms. The van der Waals surface area contributed by atoms with Crippen molar-refractivity contribution in [2.75, 3.05) is 6.54 Å². The summed E-state index contributed by atoms with van der Waals surface area (Å²) in [6.07, 6.45) is 2.03. The lowest BCUT2D eigenvalue weighted by Crippen LogP contribution is -2.42. The third kappa shape index (κ3) is 2.52. The van der Waals surface area contributed by atoms with Gasteiger partial charge in [0.15, 0.2) is 0 Å². The van der Waals surface area contributed by atoms with E-state index >= 15 is 0 Å². The molecule has 0 aromatic heterocycles. The number of hydrogen-bond donors (Lipinski definition) is 1. The van der Waals surface area contributed by atoms with Gasteiger partial charge in [-0.15, -0.1) is 0 Å². The summed E-state index contributed by atoms with van der Waals surface area (Å²) in [7, 11) is 0. The van der Waals surface area contributed by atoms with Crippen molar-refractivity contribution < 1.29 is 9.90 Å². The maximum absolute atomic E-state index is 12.4. The second-order valence-electron chi connectivity index (χ2n) is 4.66. The van der Waals surface area contributed by atoms with E-state index < -0.39 is 6.10 Å². The third-order valence-corrected chi connectivity index (χ3v) is 3.86. The zero-order chi connectivity index (χ0) is 13.1. The van der Waals surface area contributed by atoms with Gasteiger partial charge in [0.2, 0.25) is 0 Å². The Bertz CT molecular complexity index is 436. The first kappa shape index (κ1) is 13.4. The summed E-state index contributed by atoms with van der Waals surface area (Å²) in [6, 6.07) is 7.00. The lowest BCUT2D eigenvalue weighted by Gasteiger charge is -2.28. The van der Waals surface area contributed by atoms with Crippen molar-refractivity contribution in [2.45, 2.75) is 38.3 Å². The van der Waals surface area contributed by atoms with Crippen LogP contribution >= 0.6 is 11.6 Å². The van der Waals surface area contributed by atoms with Crippen molar-refractivity contribution in [1.82, 2.24) is 4.90 Å². The Kier molecular flexibility index (Phi) is 4.25. The molecule has 0 saturated carbocycles. The zero-order valence-corrected chi connectivity index (χ0v) is 11.2. The number of likely N-dealkylation sites (tertiary alicyclic amines) is 1. The molecule has 1 amide bonds. The van der Waals surface area contributed by atoms with Crippen LogP contribution < -0.4 is 0 Å². The Morgan fingerprint density at radius 3 is 2.94 bits per heavy atom. The topological polar surface area (TPSA) is 40.5 Å². The number of amides is 1. The molecule has 0 aliphatic carbocycles. The second-order valence-corrected chi connectivity index (χ2v) is 5.07. The van der Waals surface area contributed by atoms with Gasteiger partial charge in [0.1, 0.15) is 0 Å².